The van der Waals surface area contributed by atoms with Crippen molar-refractivity contribution in [1.29, 1.82) is 0 Å². The minimum atomic E-state index is 0.649. The van der Waals surface area contributed by atoms with E-state index in [0.29, 0.717) is 13.1 Å². The molecule has 0 spiro atoms. The van der Waals surface area contributed by atoms with Crippen LogP contribution < -0.4 is 5.32 Å². The van der Waals surface area contributed by atoms with Gasteiger partial charge in [-0.3, -0.25) is 0 Å². The molecule has 0 fully saturated rings. The van der Waals surface area contributed by atoms with Gasteiger partial charge in [-0.05, 0) is 31.2 Å². The molecular formula is C12H15ClN4. The van der Waals surface area contributed by atoms with Crippen LogP contribution in [-0.2, 0) is 13.1 Å². The predicted molar refractivity (Wildman–Crippen MR) is 68.1 cm³/mol. The maximum absolute atomic E-state index is 6.20. The highest BCUT2D eigenvalue weighted by molar-refractivity contribution is 6.31. The predicted octanol–water partition coefficient (Wildman–Crippen LogP) is 2.01. The second-order valence-electron chi connectivity index (χ2n) is 3.96. The Labute approximate surface area is 106 Å². The third kappa shape index (κ3) is 2.84. The van der Waals surface area contributed by atoms with Crippen LogP contribution in [-0.4, -0.2) is 21.8 Å². The van der Waals surface area contributed by atoms with E-state index in [1.54, 1.807) is 6.33 Å². The van der Waals surface area contributed by atoms with Crippen LogP contribution in [0.15, 0.2) is 24.5 Å². The minimum Gasteiger partial charge on any atom is -0.313 e. The van der Waals surface area contributed by atoms with Crippen LogP contribution in [0.3, 0.4) is 0 Å². The number of aromatic nitrogens is 3. The molecule has 5 heteroatoms. The van der Waals surface area contributed by atoms with Crippen molar-refractivity contribution in [3.8, 4) is 0 Å². The Morgan fingerprint density at radius 2 is 2.24 bits per heavy atom. The summed E-state index contributed by atoms with van der Waals surface area (Å²) in [5, 5.41) is 8.04. The molecule has 0 saturated carbocycles. The lowest BCUT2D eigenvalue weighted by atomic mass is 10.1. The van der Waals surface area contributed by atoms with Crippen molar-refractivity contribution in [3.63, 3.8) is 0 Å². The topological polar surface area (TPSA) is 42.7 Å². The smallest absolute Gasteiger partial charge is 0.141 e. The van der Waals surface area contributed by atoms with Crippen LogP contribution in [0, 0.1) is 6.92 Å². The molecule has 4 nitrogen and oxygen atoms in total. The molecule has 1 aromatic carbocycles. The highest BCUT2D eigenvalue weighted by atomic mass is 35.5. The largest absolute Gasteiger partial charge is 0.313 e. The van der Waals surface area contributed by atoms with Gasteiger partial charge < -0.3 is 5.32 Å². The number of benzene rings is 1. The molecule has 2 aromatic rings. The van der Waals surface area contributed by atoms with E-state index in [0.717, 1.165) is 22.0 Å². The second-order valence-corrected chi connectivity index (χ2v) is 4.37. The zero-order valence-electron chi connectivity index (χ0n) is 9.94. The van der Waals surface area contributed by atoms with Crippen LogP contribution in [0.1, 0.15) is 17.0 Å². The second kappa shape index (κ2) is 5.29. The van der Waals surface area contributed by atoms with Crippen molar-refractivity contribution in [2.75, 3.05) is 7.05 Å². The fraction of sp³-hybridized carbons (Fsp3) is 0.333. The summed E-state index contributed by atoms with van der Waals surface area (Å²) in [6.45, 7) is 3.37. The van der Waals surface area contributed by atoms with Gasteiger partial charge in [-0.25, -0.2) is 9.67 Å². The van der Waals surface area contributed by atoms with Gasteiger partial charge in [-0.15, -0.1) is 0 Å². The molecule has 2 rings (SSSR count). The van der Waals surface area contributed by atoms with E-state index in [9.17, 15) is 0 Å². The van der Waals surface area contributed by atoms with E-state index < -0.39 is 0 Å². The zero-order chi connectivity index (χ0) is 12.3. The van der Waals surface area contributed by atoms with Crippen molar-refractivity contribution in [2.24, 2.45) is 0 Å². The van der Waals surface area contributed by atoms with Gasteiger partial charge >= 0.3 is 0 Å². The highest BCUT2D eigenvalue weighted by Crippen LogP contribution is 2.18. The molecule has 0 amide bonds. The summed E-state index contributed by atoms with van der Waals surface area (Å²) in [6, 6.07) is 6.05. The summed E-state index contributed by atoms with van der Waals surface area (Å²) in [5.74, 6) is 0.907. The minimum absolute atomic E-state index is 0.649. The quantitative estimate of drug-likeness (QED) is 0.903. The van der Waals surface area contributed by atoms with Crippen molar-refractivity contribution < 1.29 is 0 Å². The van der Waals surface area contributed by atoms with Gasteiger partial charge in [0.1, 0.15) is 12.2 Å². The average Bonchev–Trinajstić information content (AvgIpc) is 2.71. The Balaban J connectivity index is 2.22. The first kappa shape index (κ1) is 12.1. The number of aryl methyl sites for hydroxylation is 1. The van der Waals surface area contributed by atoms with E-state index >= 15 is 0 Å². The maximum atomic E-state index is 6.20. The van der Waals surface area contributed by atoms with Crippen molar-refractivity contribution in [2.45, 2.75) is 20.0 Å². The molecule has 0 saturated heterocycles. The standard InChI is InChI=1S/C12H15ClN4/c1-9-3-4-10(11(13)5-9)7-17-12(6-14-2)15-8-16-17/h3-5,8,14H,6-7H2,1-2H3. The van der Waals surface area contributed by atoms with Crippen LogP contribution in [0.5, 0.6) is 0 Å². The molecule has 0 atom stereocenters. The number of halogens is 1. The molecule has 90 valence electrons. The third-order valence-electron chi connectivity index (χ3n) is 2.56. The number of nitrogens with zero attached hydrogens (tertiary/aromatic N) is 3. The zero-order valence-corrected chi connectivity index (χ0v) is 10.7. The molecule has 0 aliphatic carbocycles. The van der Waals surface area contributed by atoms with Crippen LogP contribution in [0.4, 0.5) is 0 Å². The Bertz CT molecular complexity index is 507. The molecule has 17 heavy (non-hydrogen) atoms. The Hall–Kier alpha value is -1.39. The van der Waals surface area contributed by atoms with E-state index in [1.165, 1.54) is 0 Å². The number of hydrogen-bond acceptors (Lipinski definition) is 3. The first-order valence-electron chi connectivity index (χ1n) is 5.47. The molecule has 0 aliphatic rings. The monoisotopic (exact) mass is 250 g/mol. The fourth-order valence-electron chi connectivity index (χ4n) is 1.66. The third-order valence-corrected chi connectivity index (χ3v) is 2.91. The van der Waals surface area contributed by atoms with Crippen LogP contribution >= 0.6 is 11.6 Å². The normalized spacial score (nSPS) is 10.8. The lowest BCUT2D eigenvalue weighted by Gasteiger charge is -2.08. The molecule has 1 aromatic heterocycles. The van der Waals surface area contributed by atoms with Gasteiger partial charge in [-0.1, -0.05) is 23.7 Å². The van der Waals surface area contributed by atoms with Crippen LogP contribution in [0.2, 0.25) is 5.02 Å². The van der Waals surface area contributed by atoms with Gasteiger partial charge in [0.05, 0.1) is 13.1 Å². The Morgan fingerprint density at radius 3 is 2.94 bits per heavy atom. The fourth-order valence-corrected chi connectivity index (χ4v) is 1.95. The maximum Gasteiger partial charge on any atom is 0.141 e. The van der Waals surface area contributed by atoms with Crippen molar-refractivity contribution in [1.82, 2.24) is 20.1 Å². The summed E-state index contributed by atoms with van der Waals surface area (Å²) in [6.07, 6.45) is 1.56. The number of hydrogen-bond donors (Lipinski definition) is 1. The summed E-state index contributed by atoms with van der Waals surface area (Å²) in [5.41, 5.74) is 2.22. The summed E-state index contributed by atoms with van der Waals surface area (Å²) in [4.78, 5) is 4.20. The molecule has 0 unspecified atom stereocenters. The molecular weight excluding hydrogens is 236 g/mol. The molecule has 0 radical (unpaired) electrons. The lowest BCUT2D eigenvalue weighted by Crippen LogP contribution is -2.14. The average molecular weight is 251 g/mol. The van der Waals surface area contributed by atoms with E-state index in [1.807, 2.05) is 30.8 Å². The lowest BCUT2D eigenvalue weighted by molar-refractivity contribution is 0.613. The molecule has 0 aliphatic heterocycles. The molecule has 0 bridgehead atoms. The summed E-state index contributed by atoms with van der Waals surface area (Å²) < 4.78 is 1.85. The van der Waals surface area contributed by atoms with Crippen molar-refractivity contribution >= 4 is 11.6 Å². The molecule has 1 N–H and O–H groups in total. The Kier molecular flexibility index (Phi) is 3.76. The van der Waals surface area contributed by atoms with Gasteiger partial charge in [-0.2, -0.15) is 5.10 Å². The molecule has 1 heterocycles. The van der Waals surface area contributed by atoms with Gasteiger partial charge in [0.2, 0.25) is 0 Å². The SMILES string of the molecule is CNCc1ncnn1Cc1ccc(C)cc1Cl. The van der Waals surface area contributed by atoms with E-state index in [-0.39, 0.29) is 0 Å². The van der Waals surface area contributed by atoms with E-state index in [2.05, 4.69) is 21.5 Å². The van der Waals surface area contributed by atoms with Crippen LogP contribution in [0.25, 0.3) is 0 Å². The number of nitrogens with one attached hydrogen (secondary N) is 1. The van der Waals surface area contributed by atoms with Gasteiger partial charge in [0, 0.05) is 5.02 Å². The van der Waals surface area contributed by atoms with Crippen molar-refractivity contribution in [3.05, 3.63) is 46.5 Å². The first-order valence-corrected chi connectivity index (χ1v) is 5.85. The highest BCUT2D eigenvalue weighted by Gasteiger charge is 2.06. The Morgan fingerprint density at radius 1 is 1.41 bits per heavy atom. The van der Waals surface area contributed by atoms with E-state index in [4.69, 9.17) is 11.6 Å². The number of rotatable bonds is 4. The summed E-state index contributed by atoms with van der Waals surface area (Å²) in [7, 11) is 1.89. The van der Waals surface area contributed by atoms with Gasteiger partial charge in [0.25, 0.3) is 0 Å². The van der Waals surface area contributed by atoms with Gasteiger partial charge in [0.15, 0.2) is 0 Å². The summed E-state index contributed by atoms with van der Waals surface area (Å²) >= 11 is 6.20. The first-order chi connectivity index (χ1) is 8.20.